The lowest BCUT2D eigenvalue weighted by molar-refractivity contribution is -0.140. The molecule has 11 heavy (non-hydrogen) atoms. The van der Waals surface area contributed by atoms with Gasteiger partial charge >= 0.3 is 0 Å². The van der Waals surface area contributed by atoms with Crippen LogP contribution in [-0.4, -0.2) is 16.8 Å². The van der Waals surface area contributed by atoms with Crippen LogP contribution in [0.3, 0.4) is 0 Å². The summed E-state index contributed by atoms with van der Waals surface area (Å²) in [5, 5.41) is 0.727. The van der Waals surface area contributed by atoms with Gasteiger partial charge in [0.2, 0.25) is 11.8 Å². The van der Waals surface area contributed by atoms with Crippen LogP contribution in [0.1, 0.15) is 20.3 Å². The van der Waals surface area contributed by atoms with Gasteiger partial charge in [0.25, 0.3) is 0 Å². The SMILES string of the molecule is CC(C)C1CC(=O)N(N)C1=O. The summed E-state index contributed by atoms with van der Waals surface area (Å²) >= 11 is 0. The molecular formula is C7H12N2O2. The van der Waals surface area contributed by atoms with Gasteiger partial charge in [0.15, 0.2) is 0 Å². The molecule has 0 saturated carbocycles. The van der Waals surface area contributed by atoms with E-state index in [1.54, 1.807) is 0 Å². The van der Waals surface area contributed by atoms with Gasteiger partial charge in [-0.2, -0.15) is 0 Å². The third-order valence-electron chi connectivity index (χ3n) is 2.02. The number of amides is 2. The van der Waals surface area contributed by atoms with Crippen molar-refractivity contribution in [2.24, 2.45) is 17.7 Å². The first-order chi connectivity index (χ1) is 5.04. The van der Waals surface area contributed by atoms with E-state index in [0.717, 1.165) is 5.01 Å². The lowest BCUT2D eigenvalue weighted by atomic mass is 9.95. The molecule has 1 fully saturated rings. The lowest BCUT2D eigenvalue weighted by Crippen LogP contribution is -2.37. The normalized spacial score (nSPS) is 25.5. The molecule has 0 spiro atoms. The molecule has 0 bridgehead atoms. The Morgan fingerprint density at radius 2 is 2.09 bits per heavy atom. The molecule has 1 saturated heterocycles. The summed E-state index contributed by atoms with van der Waals surface area (Å²) in [6.07, 6.45) is 0.271. The molecule has 1 atom stereocenters. The highest BCUT2D eigenvalue weighted by Gasteiger charge is 2.38. The van der Waals surface area contributed by atoms with Crippen molar-refractivity contribution in [2.75, 3.05) is 0 Å². The number of nitrogens with two attached hydrogens (primary N) is 1. The first-order valence-electron chi connectivity index (χ1n) is 3.65. The summed E-state index contributed by atoms with van der Waals surface area (Å²) in [4.78, 5) is 22.0. The number of hydrogen-bond acceptors (Lipinski definition) is 3. The smallest absolute Gasteiger partial charge is 0.247 e. The maximum atomic E-state index is 11.1. The molecule has 1 rings (SSSR count). The maximum absolute atomic E-state index is 11.1. The predicted molar refractivity (Wildman–Crippen MR) is 39.0 cm³/mol. The second kappa shape index (κ2) is 2.62. The zero-order valence-corrected chi connectivity index (χ0v) is 6.70. The Bertz CT molecular complexity index is 201. The van der Waals surface area contributed by atoms with Crippen LogP contribution in [0, 0.1) is 11.8 Å². The Hall–Kier alpha value is -0.900. The quantitative estimate of drug-likeness (QED) is 0.327. The van der Waals surface area contributed by atoms with E-state index >= 15 is 0 Å². The number of rotatable bonds is 1. The van der Waals surface area contributed by atoms with Gasteiger partial charge in [-0.3, -0.25) is 9.59 Å². The minimum atomic E-state index is -0.270. The van der Waals surface area contributed by atoms with Gasteiger partial charge in [-0.05, 0) is 5.92 Å². The minimum Gasteiger partial charge on any atom is -0.273 e. The fraction of sp³-hybridized carbons (Fsp3) is 0.714. The summed E-state index contributed by atoms with van der Waals surface area (Å²) in [6.45, 7) is 3.82. The van der Waals surface area contributed by atoms with Gasteiger partial charge in [-0.15, -0.1) is 0 Å². The van der Waals surface area contributed by atoms with E-state index in [9.17, 15) is 9.59 Å². The standard InChI is InChI=1S/C7H12N2O2/c1-4(2)5-3-6(10)9(8)7(5)11/h4-5H,3,8H2,1-2H3. The third kappa shape index (κ3) is 1.26. The summed E-state index contributed by atoms with van der Waals surface area (Å²) in [6, 6.07) is 0. The molecule has 1 heterocycles. The lowest BCUT2D eigenvalue weighted by Gasteiger charge is -2.10. The van der Waals surface area contributed by atoms with Crippen LogP contribution in [0.4, 0.5) is 0 Å². The molecule has 0 radical (unpaired) electrons. The Balaban J connectivity index is 2.75. The van der Waals surface area contributed by atoms with Gasteiger partial charge in [0.1, 0.15) is 0 Å². The molecule has 4 nitrogen and oxygen atoms in total. The van der Waals surface area contributed by atoms with Crippen LogP contribution in [0.2, 0.25) is 0 Å². The van der Waals surface area contributed by atoms with Crippen LogP contribution in [0.25, 0.3) is 0 Å². The van der Waals surface area contributed by atoms with Crippen molar-refractivity contribution >= 4 is 11.8 Å². The highest BCUT2D eigenvalue weighted by atomic mass is 16.2. The molecule has 1 aliphatic heterocycles. The first-order valence-corrected chi connectivity index (χ1v) is 3.65. The fourth-order valence-corrected chi connectivity index (χ4v) is 1.20. The van der Waals surface area contributed by atoms with E-state index in [2.05, 4.69) is 0 Å². The van der Waals surface area contributed by atoms with Crippen LogP contribution in [0.5, 0.6) is 0 Å². The molecular weight excluding hydrogens is 144 g/mol. The Morgan fingerprint density at radius 3 is 2.27 bits per heavy atom. The number of nitrogens with zero attached hydrogens (tertiary/aromatic N) is 1. The summed E-state index contributed by atoms with van der Waals surface area (Å²) in [7, 11) is 0. The number of carbonyl (C=O) groups is 2. The van der Waals surface area contributed by atoms with Crippen LogP contribution in [-0.2, 0) is 9.59 Å². The molecule has 0 aromatic carbocycles. The zero-order valence-electron chi connectivity index (χ0n) is 6.70. The van der Waals surface area contributed by atoms with Gasteiger partial charge < -0.3 is 0 Å². The summed E-state index contributed by atoms with van der Waals surface area (Å²) in [5.41, 5.74) is 0. The molecule has 0 aliphatic carbocycles. The molecule has 4 heteroatoms. The van der Waals surface area contributed by atoms with Crippen molar-refractivity contribution in [3.05, 3.63) is 0 Å². The monoisotopic (exact) mass is 156 g/mol. The Morgan fingerprint density at radius 1 is 1.55 bits per heavy atom. The van der Waals surface area contributed by atoms with E-state index in [4.69, 9.17) is 5.84 Å². The van der Waals surface area contributed by atoms with Crippen molar-refractivity contribution in [3.63, 3.8) is 0 Å². The van der Waals surface area contributed by atoms with E-state index in [-0.39, 0.29) is 30.1 Å². The van der Waals surface area contributed by atoms with Crippen LogP contribution >= 0.6 is 0 Å². The second-order valence-corrected chi connectivity index (χ2v) is 3.16. The number of imide groups is 1. The summed E-state index contributed by atoms with van der Waals surface area (Å²) < 4.78 is 0. The average molecular weight is 156 g/mol. The highest BCUT2D eigenvalue weighted by Crippen LogP contribution is 2.23. The molecule has 2 amide bonds. The number of hydrogen-bond donors (Lipinski definition) is 1. The van der Waals surface area contributed by atoms with Crippen molar-refractivity contribution < 1.29 is 9.59 Å². The van der Waals surface area contributed by atoms with Crippen molar-refractivity contribution in [3.8, 4) is 0 Å². The van der Waals surface area contributed by atoms with Crippen molar-refractivity contribution in [1.82, 2.24) is 5.01 Å². The largest absolute Gasteiger partial charge is 0.273 e. The Labute approximate surface area is 65.3 Å². The topological polar surface area (TPSA) is 63.4 Å². The molecule has 62 valence electrons. The molecule has 1 unspecified atom stereocenters. The van der Waals surface area contributed by atoms with E-state index in [0.29, 0.717) is 0 Å². The summed E-state index contributed by atoms with van der Waals surface area (Å²) in [5.74, 6) is 4.66. The fourth-order valence-electron chi connectivity index (χ4n) is 1.20. The van der Waals surface area contributed by atoms with Gasteiger partial charge in [-0.25, -0.2) is 10.9 Å². The predicted octanol–water partition coefficient (Wildman–Crippen LogP) is -0.109. The zero-order chi connectivity index (χ0) is 8.59. The minimum absolute atomic E-state index is 0.194. The van der Waals surface area contributed by atoms with Crippen LogP contribution in [0.15, 0.2) is 0 Å². The third-order valence-corrected chi connectivity index (χ3v) is 2.02. The second-order valence-electron chi connectivity index (χ2n) is 3.16. The molecule has 0 aromatic heterocycles. The van der Waals surface area contributed by atoms with Crippen LogP contribution < -0.4 is 5.84 Å². The molecule has 0 aromatic rings. The molecule has 2 N–H and O–H groups in total. The van der Waals surface area contributed by atoms with Gasteiger partial charge in [-0.1, -0.05) is 13.8 Å². The molecule has 1 aliphatic rings. The van der Waals surface area contributed by atoms with Crippen molar-refractivity contribution in [2.45, 2.75) is 20.3 Å². The number of carbonyl (C=O) groups excluding carboxylic acids is 2. The maximum Gasteiger partial charge on any atom is 0.247 e. The number of hydrazine groups is 1. The average Bonchev–Trinajstić information content (AvgIpc) is 2.17. The van der Waals surface area contributed by atoms with Crippen molar-refractivity contribution in [1.29, 1.82) is 0 Å². The first kappa shape index (κ1) is 8.20. The van der Waals surface area contributed by atoms with E-state index < -0.39 is 0 Å². The van der Waals surface area contributed by atoms with E-state index in [1.807, 2.05) is 13.8 Å². The Kier molecular flexibility index (Phi) is 1.95. The highest BCUT2D eigenvalue weighted by molar-refractivity contribution is 6.02. The van der Waals surface area contributed by atoms with Gasteiger partial charge in [0, 0.05) is 6.42 Å². The van der Waals surface area contributed by atoms with Gasteiger partial charge in [0.05, 0.1) is 5.92 Å². The van der Waals surface area contributed by atoms with E-state index in [1.165, 1.54) is 0 Å².